The van der Waals surface area contributed by atoms with Gasteiger partial charge in [0.15, 0.2) is 0 Å². The van der Waals surface area contributed by atoms with Crippen molar-refractivity contribution in [1.82, 2.24) is 4.90 Å². The van der Waals surface area contributed by atoms with Gasteiger partial charge in [-0.3, -0.25) is 0 Å². The fourth-order valence-electron chi connectivity index (χ4n) is 2.51. The number of nitrogens with two attached hydrogens (primary N) is 1. The van der Waals surface area contributed by atoms with Gasteiger partial charge in [0.05, 0.1) is 7.11 Å². The smallest absolute Gasteiger partial charge is 0.122 e. The number of benzene rings is 1. The fourth-order valence-corrected chi connectivity index (χ4v) is 2.51. The van der Waals surface area contributed by atoms with Crippen molar-refractivity contribution >= 4 is 0 Å². The number of hydrogen-bond acceptors (Lipinski definition) is 3. The van der Waals surface area contributed by atoms with E-state index in [0.717, 1.165) is 31.8 Å². The highest BCUT2D eigenvalue weighted by Gasteiger charge is 2.10. The molecule has 0 aliphatic heterocycles. The Balaban J connectivity index is 2.69. The van der Waals surface area contributed by atoms with Gasteiger partial charge in [0, 0.05) is 13.1 Å². The molecule has 1 aromatic rings. The van der Waals surface area contributed by atoms with Gasteiger partial charge in [-0.2, -0.15) is 0 Å². The van der Waals surface area contributed by atoms with E-state index in [1.807, 2.05) is 0 Å². The number of nitrogens with zero attached hydrogens (tertiary/aromatic N) is 1. The maximum atomic E-state index is 5.60. The summed E-state index contributed by atoms with van der Waals surface area (Å²) >= 11 is 0. The van der Waals surface area contributed by atoms with Gasteiger partial charge in [0.1, 0.15) is 5.75 Å². The van der Waals surface area contributed by atoms with Gasteiger partial charge in [-0.25, -0.2) is 0 Å². The molecule has 0 heterocycles. The van der Waals surface area contributed by atoms with E-state index in [2.05, 4.69) is 44.9 Å². The van der Waals surface area contributed by atoms with Crippen LogP contribution in [0.15, 0.2) is 12.1 Å². The highest BCUT2D eigenvalue weighted by Crippen LogP contribution is 2.24. The van der Waals surface area contributed by atoms with Gasteiger partial charge in [-0.15, -0.1) is 0 Å². The number of hydrogen-bond donors (Lipinski definition) is 1. The first-order valence-corrected chi connectivity index (χ1v) is 7.01. The molecule has 0 aromatic heterocycles. The summed E-state index contributed by atoms with van der Waals surface area (Å²) in [6.45, 7) is 9.39. The minimum atomic E-state index is 0.648. The molecule has 1 rings (SSSR count). The van der Waals surface area contributed by atoms with Crippen LogP contribution in [0.25, 0.3) is 0 Å². The molecule has 0 bridgehead atoms. The first kappa shape index (κ1) is 16.0. The molecule has 19 heavy (non-hydrogen) atoms. The minimum absolute atomic E-state index is 0.648. The molecule has 0 fully saturated rings. The van der Waals surface area contributed by atoms with Gasteiger partial charge in [-0.05, 0) is 62.5 Å². The van der Waals surface area contributed by atoms with Crippen molar-refractivity contribution in [1.29, 1.82) is 0 Å². The molecule has 108 valence electrons. The van der Waals surface area contributed by atoms with Crippen LogP contribution in [0.4, 0.5) is 0 Å². The van der Waals surface area contributed by atoms with Crippen LogP contribution < -0.4 is 10.5 Å². The molecular weight excluding hydrogens is 236 g/mol. The van der Waals surface area contributed by atoms with Crippen LogP contribution in [0.5, 0.6) is 5.75 Å². The zero-order chi connectivity index (χ0) is 14.4. The maximum Gasteiger partial charge on any atom is 0.122 e. The van der Waals surface area contributed by atoms with Crippen LogP contribution in [0.1, 0.15) is 30.0 Å². The van der Waals surface area contributed by atoms with E-state index in [1.54, 1.807) is 7.11 Å². The third kappa shape index (κ3) is 4.51. The predicted molar refractivity (Wildman–Crippen MR) is 81.6 cm³/mol. The van der Waals surface area contributed by atoms with Crippen LogP contribution in [0, 0.1) is 19.8 Å². The normalized spacial score (nSPS) is 12.8. The minimum Gasteiger partial charge on any atom is -0.496 e. The second kappa shape index (κ2) is 7.51. The molecule has 0 radical (unpaired) electrons. The molecule has 1 aromatic carbocycles. The molecule has 3 heteroatoms. The summed E-state index contributed by atoms with van der Waals surface area (Å²) in [6.07, 6.45) is 1.09. The molecule has 0 saturated heterocycles. The zero-order valence-corrected chi connectivity index (χ0v) is 13.0. The Bertz CT molecular complexity index is 404. The van der Waals surface area contributed by atoms with Crippen molar-refractivity contribution < 1.29 is 4.74 Å². The number of ether oxygens (including phenoxy) is 1. The Morgan fingerprint density at radius 2 is 1.95 bits per heavy atom. The van der Waals surface area contributed by atoms with Gasteiger partial charge < -0.3 is 15.4 Å². The standard InChI is InChI=1S/C16H28N2O/c1-12(8-9-17)10-18(4)11-15-6-7-16(19-5)14(3)13(15)2/h6-7,12H,8-11,17H2,1-5H3. The van der Waals surface area contributed by atoms with Crippen molar-refractivity contribution in [3.05, 3.63) is 28.8 Å². The molecular formula is C16H28N2O. The molecule has 1 unspecified atom stereocenters. The Kier molecular flexibility index (Phi) is 6.32. The SMILES string of the molecule is COc1ccc(CN(C)CC(C)CCN)c(C)c1C. The second-order valence-electron chi connectivity index (χ2n) is 5.56. The van der Waals surface area contributed by atoms with Gasteiger partial charge in [-0.1, -0.05) is 13.0 Å². The second-order valence-corrected chi connectivity index (χ2v) is 5.56. The van der Waals surface area contributed by atoms with E-state index >= 15 is 0 Å². The van der Waals surface area contributed by atoms with Crippen molar-refractivity contribution in [3.8, 4) is 5.75 Å². The molecule has 0 aliphatic carbocycles. The van der Waals surface area contributed by atoms with Crippen LogP contribution in [0.2, 0.25) is 0 Å². The fraction of sp³-hybridized carbons (Fsp3) is 0.625. The third-order valence-corrected chi connectivity index (χ3v) is 3.79. The number of methoxy groups -OCH3 is 1. The van der Waals surface area contributed by atoms with Crippen molar-refractivity contribution in [3.63, 3.8) is 0 Å². The lowest BCUT2D eigenvalue weighted by molar-refractivity contribution is 0.272. The molecule has 0 spiro atoms. The summed E-state index contributed by atoms with van der Waals surface area (Å²) in [5.41, 5.74) is 9.55. The first-order chi connectivity index (χ1) is 8.99. The summed E-state index contributed by atoms with van der Waals surface area (Å²) in [4.78, 5) is 2.37. The quantitative estimate of drug-likeness (QED) is 0.823. The van der Waals surface area contributed by atoms with Gasteiger partial charge in [0.25, 0.3) is 0 Å². The van der Waals surface area contributed by atoms with Crippen LogP contribution in [-0.2, 0) is 6.54 Å². The summed E-state index contributed by atoms with van der Waals surface area (Å²) in [7, 11) is 3.90. The van der Waals surface area contributed by atoms with E-state index in [1.165, 1.54) is 16.7 Å². The van der Waals surface area contributed by atoms with E-state index in [9.17, 15) is 0 Å². The summed E-state index contributed by atoms with van der Waals surface area (Å²) in [6, 6.07) is 4.24. The predicted octanol–water partition coefficient (Wildman–Crippen LogP) is 2.73. The highest BCUT2D eigenvalue weighted by atomic mass is 16.5. The molecule has 0 aliphatic rings. The lowest BCUT2D eigenvalue weighted by Crippen LogP contribution is -2.25. The van der Waals surface area contributed by atoms with E-state index in [4.69, 9.17) is 10.5 Å². The molecule has 0 amide bonds. The lowest BCUT2D eigenvalue weighted by Gasteiger charge is -2.22. The Morgan fingerprint density at radius 3 is 2.53 bits per heavy atom. The Labute approximate surface area is 117 Å². The van der Waals surface area contributed by atoms with Crippen molar-refractivity contribution in [2.75, 3.05) is 27.2 Å². The third-order valence-electron chi connectivity index (χ3n) is 3.79. The van der Waals surface area contributed by atoms with E-state index in [0.29, 0.717) is 5.92 Å². The molecule has 1 atom stereocenters. The van der Waals surface area contributed by atoms with Gasteiger partial charge >= 0.3 is 0 Å². The monoisotopic (exact) mass is 264 g/mol. The van der Waals surface area contributed by atoms with Crippen molar-refractivity contribution in [2.45, 2.75) is 33.7 Å². The van der Waals surface area contributed by atoms with E-state index in [-0.39, 0.29) is 0 Å². The lowest BCUT2D eigenvalue weighted by atomic mass is 10.0. The Hall–Kier alpha value is -1.06. The average molecular weight is 264 g/mol. The maximum absolute atomic E-state index is 5.60. The topological polar surface area (TPSA) is 38.5 Å². The van der Waals surface area contributed by atoms with Crippen molar-refractivity contribution in [2.24, 2.45) is 11.7 Å². The molecule has 2 N–H and O–H groups in total. The summed E-state index contributed by atoms with van der Waals surface area (Å²) < 4.78 is 5.35. The summed E-state index contributed by atoms with van der Waals surface area (Å²) in [5.74, 6) is 1.62. The van der Waals surface area contributed by atoms with Crippen LogP contribution in [0.3, 0.4) is 0 Å². The van der Waals surface area contributed by atoms with Crippen LogP contribution >= 0.6 is 0 Å². The van der Waals surface area contributed by atoms with Gasteiger partial charge in [0.2, 0.25) is 0 Å². The number of rotatable bonds is 7. The van der Waals surface area contributed by atoms with E-state index < -0.39 is 0 Å². The Morgan fingerprint density at radius 1 is 1.26 bits per heavy atom. The zero-order valence-electron chi connectivity index (χ0n) is 13.0. The van der Waals surface area contributed by atoms with Crippen LogP contribution in [-0.4, -0.2) is 32.1 Å². The average Bonchev–Trinajstić information content (AvgIpc) is 2.35. The summed E-state index contributed by atoms with van der Waals surface area (Å²) in [5, 5.41) is 0. The first-order valence-electron chi connectivity index (χ1n) is 7.01. The molecule has 0 saturated carbocycles. The highest BCUT2D eigenvalue weighted by molar-refractivity contribution is 5.43. The largest absolute Gasteiger partial charge is 0.496 e. The molecule has 3 nitrogen and oxygen atoms in total.